The lowest BCUT2D eigenvalue weighted by atomic mass is 10.2. The van der Waals surface area contributed by atoms with Crippen LogP contribution in [0, 0.1) is 12.8 Å². The van der Waals surface area contributed by atoms with Crippen LogP contribution in [0.1, 0.15) is 19.4 Å². The third kappa shape index (κ3) is 4.89. The first-order chi connectivity index (χ1) is 9.45. The fraction of sp³-hybridized carbons (Fsp3) is 0.467. The number of amides is 1. The fourth-order valence-electron chi connectivity index (χ4n) is 1.77. The minimum atomic E-state index is -0.872. The van der Waals surface area contributed by atoms with E-state index in [4.69, 9.17) is 5.11 Å². The van der Waals surface area contributed by atoms with Gasteiger partial charge in [0.25, 0.3) is 0 Å². The Morgan fingerprint density at radius 2 is 2.00 bits per heavy atom. The van der Waals surface area contributed by atoms with Gasteiger partial charge >= 0.3 is 5.97 Å². The molecule has 5 heteroatoms. The summed E-state index contributed by atoms with van der Waals surface area (Å²) in [6.45, 7) is 6.29. The first kappa shape index (κ1) is 16.6. The second kappa shape index (κ2) is 7.94. The van der Waals surface area contributed by atoms with Crippen LogP contribution >= 0.6 is 11.8 Å². The molecule has 0 bridgehead atoms. The van der Waals surface area contributed by atoms with E-state index in [1.165, 1.54) is 11.8 Å². The molecule has 1 amide bonds. The normalized spacial score (nSPS) is 11.9. The van der Waals surface area contributed by atoms with Gasteiger partial charge in [-0.05, 0) is 25.5 Å². The van der Waals surface area contributed by atoms with Crippen LogP contribution in [0.3, 0.4) is 0 Å². The van der Waals surface area contributed by atoms with Gasteiger partial charge in [-0.3, -0.25) is 9.59 Å². The number of hydrogen-bond donors (Lipinski definition) is 1. The van der Waals surface area contributed by atoms with E-state index >= 15 is 0 Å². The molecule has 1 aromatic carbocycles. The third-order valence-electron chi connectivity index (χ3n) is 3.09. The summed E-state index contributed by atoms with van der Waals surface area (Å²) in [5.74, 6) is -1.09. The van der Waals surface area contributed by atoms with Crippen LogP contribution in [0.25, 0.3) is 0 Å². The van der Waals surface area contributed by atoms with E-state index < -0.39 is 11.9 Å². The van der Waals surface area contributed by atoms with Crippen LogP contribution in [0.15, 0.2) is 29.2 Å². The summed E-state index contributed by atoms with van der Waals surface area (Å²) < 4.78 is 0. The molecule has 1 atom stereocenters. The number of aliphatic carboxylic acids is 1. The molecular formula is C15H21NO3S. The molecule has 0 aliphatic heterocycles. The van der Waals surface area contributed by atoms with Crippen molar-refractivity contribution >= 4 is 23.6 Å². The molecule has 0 aromatic heterocycles. The predicted molar refractivity (Wildman–Crippen MR) is 81.0 cm³/mol. The van der Waals surface area contributed by atoms with Crippen molar-refractivity contribution in [2.45, 2.75) is 25.7 Å². The number of benzene rings is 1. The highest BCUT2D eigenvalue weighted by atomic mass is 32.2. The molecule has 4 nitrogen and oxygen atoms in total. The highest BCUT2D eigenvalue weighted by Gasteiger charge is 2.19. The second-order valence-electron chi connectivity index (χ2n) is 4.73. The number of thioether (sulfide) groups is 1. The summed E-state index contributed by atoms with van der Waals surface area (Å²) >= 11 is 1.50. The molecule has 0 aliphatic carbocycles. The van der Waals surface area contributed by atoms with Crippen molar-refractivity contribution in [3.8, 4) is 0 Å². The van der Waals surface area contributed by atoms with Gasteiger partial charge in [0.15, 0.2) is 0 Å². The quantitative estimate of drug-likeness (QED) is 0.786. The minimum absolute atomic E-state index is 0.0196. The maximum atomic E-state index is 12.1. The molecule has 1 unspecified atom stereocenters. The maximum absolute atomic E-state index is 12.1. The number of hydrogen-bond acceptors (Lipinski definition) is 3. The number of carbonyl (C=O) groups is 2. The van der Waals surface area contributed by atoms with E-state index in [1.54, 1.807) is 11.8 Å². The summed E-state index contributed by atoms with van der Waals surface area (Å²) in [6, 6.07) is 7.92. The fourth-order valence-corrected chi connectivity index (χ4v) is 2.70. The van der Waals surface area contributed by atoms with E-state index in [0.29, 0.717) is 12.3 Å². The van der Waals surface area contributed by atoms with Crippen molar-refractivity contribution in [3.63, 3.8) is 0 Å². The topological polar surface area (TPSA) is 57.6 Å². The molecule has 0 saturated carbocycles. The van der Waals surface area contributed by atoms with E-state index in [1.807, 2.05) is 38.1 Å². The zero-order valence-corrected chi connectivity index (χ0v) is 12.9. The number of nitrogens with zero attached hydrogens (tertiary/aromatic N) is 1. The van der Waals surface area contributed by atoms with Gasteiger partial charge in [0.05, 0.1) is 11.7 Å². The van der Waals surface area contributed by atoms with Crippen LogP contribution in [0.5, 0.6) is 0 Å². The molecule has 0 fully saturated rings. The van der Waals surface area contributed by atoms with E-state index in [9.17, 15) is 9.59 Å². The average Bonchev–Trinajstić information content (AvgIpc) is 2.43. The van der Waals surface area contributed by atoms with Gasteiger partial charge in [0.1, 0.15) is 0 Å². The SMILES string of the molecule is CCN(CC(C)C(=O)O)C(=O)CSc1ccccc1C. The van der Waals surface area contributed by atoms with Crippen LogP contribution in [0.2, 0.25) is 0 Å². The molecule has 110 valence electrons. The Balaban J connectivity index is 2.56. The highest BCUT2D eigenvalue weighted by molar-refractivity contribution is 8.00. The number of carbonyl (C=O) groups excluding carboxylic acids is 1. The number of aryl methyl sites for hydroxylation is 1. The van der Waals surface area contributed by atoms with Crippen LogP contribution in [0.4, 0.5) is 0 Å². The molecule has 0 saturated heterocycles. The smallest absolute Gasteiger partial charge is 0.308 e. The van der Waals surface area contributed by atoms with E-state index in [-0.39, 0.29) is 12.5 Å². The van der Waals surface area contributed by atoms with Crippen molar-refractivity contribution in [2.24, 2.45) is 5.92 Å². The average molecular weight is 295 g/mol. The lowest BCUT2D eigenvalue weighted by Crippen LogP contribution is -2.37. The van der Waals surface area contributed by atoms with Gasteiger partial charge in [-0.2, -0.15) is 0 Å². The summed E-state index contributed by atoms with van der Waals surface area (Å²) in [4.78, 5) is 25.7. The monoisotopic (exact) mass is 295 g/mol. The third-order valence-corrected chi connectivity index (χ3v) is 4.26. The van der Waals surface area contributed by atoms with Gasteiger partial charge in [-0.25, -0.2) is 0 Å². The molecule has 1 aromatic rings. The van der Waals surface area contributed by atoms with Gasteiger partial charge in [0, 0.05) is 18.0 Å². The summed E-state index contributed by atoms with van der Waals surface area (Å²) in [6.07, 6.45) is 0. The Morgan fingerprint density at radius 1 is 1.35 bits per heavy atom. The lowest BCUT2D eigenvalue weighted by Gasteiger charge is -2.22. The molecule has 0 spiro atoms. The molecule has 1 N–H and O–H groups in total. The molecule has 20 heavy (non-hydrogen) atoms. The van der Waals surface area contributed by atoms with Gasteiger partial charge in [-0.1, -0.05) is 25.1 Å². The number of rotatable bonds is 7. The summed E-state index contributed by atoms with van der Waals surface area (Å²) in [5.41, 5.74) is 1.15. The Bertz CT molecular complexity index is 476. The van der Waals surface area contributed by atoms with Crippen molar-refractivity contribution < 1.29 is 14.7 Å². The zero-order chi connectivity index (χ0) is 15.1. The highest BCUT2D eigenvalue weighted by Crippen LogP contribution is 2.22. The lowest BCUT2D eigenvalue weighted by molar-refractivity contribution is -0.142. The van der Waals surface area contributed by atoms with Crippen molar-refractivity contribution in [3.05, 3.63) is 29.8 Å². The van der Waals surface area contributed by atoms with Crippen LogP contribution < -0.4 is 0 Å². The second-order valence-corrected chi connectivity index (χ2v) is 5.74. The van der Waals surface area contributed by atoms with Gasteiger partial charge in [0.2, 0.25) is 5.91 Å². The predicted octanol–water partition coefficient (Wildman–Crippen LogP) is 2.66. The largest absolute Gasteiger partial charge is 0.481 e. The van der Waals surface area contributed by atoms with Gasteiger partial charge < -0.3 is 10.0 Å². The van der Waals surface area contributed by atoms with Crippen molar-refractivity contribution in [1.82, 2.24) is 4.90 Å². The maximum Gasteiger partial charge on any atom is 0.308 e. The van der Waals surface area contributed by atoms with E-state index in [0.717, 1.165) is 10.5 Å². The van der Waals surface area contributed by atoms with Crippen molar-refractivity contribution in [1.29, 1.82) is 0 Å². The molecule has 0 radical (unpaired) electrons. The minimum Gasteiger partial charge on any atom is -0.481 e. The van der Waals surface area contributed by atoms with E-state index in [2.05, 4.69) is 0 Å². The standard InChI is InChI=1S/C15H21NO3S/c1-4-16(9-12(3)15(18)19)14(17)10-20-13-8-6-5-7-11(13)2/h5-8,12H,4,9-10H2,1-3H3,(H,18,19). The van der Waals surface area contributed by atoms with Crippen LogP contribution in [-0.4, -0.2) is 40.7 Å². The first-order valence-electron chi connectivity index (χ1n) is 6.64. The Labute approximate surface area is 124 Å². The number of carboxylic acid groups (broad SMARTS) is 1. The molecular weight excluding hydrogens is 274 g/mol. The molecule has 0 aliphatic rings. The first-order valence-corrected chi connectivity index (χ1v) is 7.63. The summed E-state index contributed by atoms with van der Waals surface area (Å²) in [5, 5.41) is 8.91. The van der Waals surface area contributed by atoms with Crippen molar-refractivity contribution in [2.75, 3.05) is 18.8 Å². The summed E-state index contributed by atoms with van der Waals surface area (Å²) in [7, 11) is 0. The zero-order valence-electron chi connectivity index (χ0n) is 12.1. The van der Waals surface area contributed by atoms with Gasteiger partial charge in [-0.15, -0.1) is 11.8 Å². The van der Waals surface area contributed by atoms with Crippen LogP contribution in [-0.2, 0) is 9.59 Å². The Hall–Kier alpha value is -1.49. The molecule has 1 rings (SSSR count). The number of carboxylic acids is 1. The molecule has 0 heterocycles. The Morgan fingerprint density at radius 3 is 2.55 bits per heavy atom. The Kier molecular flexibility index (Phi) is 6.58.